The fraction of sp³-hybridized carbons (Fsp3) is 0.174. The maximum absolute atomic E-state index is 12.7. The van der Waals surface area contributed by atoms with Crippen LogP contribution < -0.4 is 10.1 Å². The topological polar surface area (TPSA) is 47.6 Å². The second-order valence-electron chi connectivity index (χ2n) is 6.53. The molecule has 4 nitrogen and oxygen atoms in total. The minimum absolute atomic E-state index is 0.0222. The minimum atomic E-state index is -0.163. The van der Waals surface area contributed by atoms with Crippen molar-refractivity contribution in [2.45, 2.75) is 19.1 Å². The fourth-order valence-corrected chi connectivity index (χ4v) is 3.20. The van der Waals surface area contributed by atoms with Gasteiger partial charge in [-0.15, -0.1) is 0 Å². The van der Waals surface area contributed by atoms with Crippen LogP contribution in [0.15, 0.2) is 78.9 Å². The van der Waals surface area contributed by atoms with Crippen molar-refractivity contribution in [1.82, 2.24) is 5.32 Å². The summed E-state index contributed by atoms with van der Waals surface area (Å²) in [6.45, 7) is 1.05. The molecule has 4 rings (SSSR count). The summed E-state index contributed by atoms with van der Waals surface area (Å²) in [5.74, 6) is 1.07. The molecule has 0 bridgehead atoms. The Morgan fingerprint density at radius 1 is 0.926 bits per heavy atom. The van der Waals surface area contributed by atoms with Gasteiger partial charge in [0.25, 0.3) is 5.91 Å². The number of para-hydroxylation sites is 2. The van der Waals surface area contributed by atoms with Crippen molar-refractivity contribution in [3.63, 3.8) is 0 Å². The quantitative estimate of drug-likeness (QED) is 0.737. The van der Waals surface area contributed by atoms with Gasteiger partial charge in [-0.3, -0.25) is 4.79 Å². The predicted molar refractivity (Wildman–Crippen MR) is 104 cm³/mol. The number of carbonyl (C=O) groups excluding carboxylic acids is 1. The van der Waals surface area contributed by atoms with Crippen molar-refractivity contribution in [3.05, 3.63) is 95.6 Å². The summed E-state index contributed by atoms with van der Waals surface area (Å²) in [5, 5.41) is 2.98. The van der Waals surface area contributed by atoms with E-state index < -0.39 is 0 Å². The number of ether oxygens (including phenoxy) is 2. The fourth-order valence-electron chi connectivity index (χ4n) is 3.20. The summed E-state index contributed by atoms with van der Waals surface area (Å²) in [6, 6.07) is 25.0. The Hall–Kier alpha value is -3.11. The van der Waals surface area contributed by atoms with Crippen molar-refractivity contribution < 1.29 is 14.3 Å². The lowest BCUT2D eigenvalue weighted by atomic mass is 9.99. The predicted octanol–water partition coefficient (Wildman–Crippen LogP) is 4.35. The number of nitrogens with one attached hydrogen (secondary N) is 1. The average Bonchev–Trinajstić information content (AvgIpc) is 2.73. The summed E-state index contributed by atoms with van der Waals surface area (Å²) >= 11 is 0. The van der Waals surface area contributed by atoms with E-state index in [4.69, 9.17) is 9.47 Å². The van der Waals surface area contributed by atoms with E-state index in [1.54, 1.807) is 12.1 Å². The monoisotopic (exact) mass is 359 g/mol. The van der Waals surface area contributed by atoms with Crippen molar-refractivity contribution in [1.29, 1.82) is 0 Å². The molecule has 3 aromatic carbocycles. The average molecular weight is 359 g/mol. The molecule has 0 radical (unpaired) electrons. The van der Waals surface area contributed by atoms with Crippen LogP contribution in [0.4, 0.5) is 0 Å². The van der Waals surface area contributed by atoms with Gasteiger partial charge in [0.15, 0.2) is 0 Å². The zero-order chi connectivity index (χ0) is 18.5. The number of carbonyl (C=O) groups is 1. The van der Waals surface area contributed by atoms with Gasteiger partial charge in [-0.05, 0) is 35.4 Å². The van der Waals surface area contributed by atoms with Gasteiger partial charge >= 0.3 is 0 Å². The summed E-state index contributed by atoms with van der Waals surface area (Å²) in [4.78, 5) is 12.7. The van der Waals surface area contributed by atoms with Crippen LogP contribution in [0.2, 0.25) is 0 Å². The third-order valence-corrected chi connectivity index (χ3v) is 4.63. The number of amides is 1. The molecule has 0 saturated carbocycles. The number of benzene rings is 3. The van der Waals surface area contributed by atoms with E-state index in [1.807, 2.05) is 54.6 Å². The molecule has 1 unspecified atom stereocenters. The highest BCUT2D eigenvalue weighted by molar-refractivity contribution is 5.97. The highest BCUT2D eigenvalue weighted by Crippen LogP contribution is 2.25. The van der Waals surface area contributed by atoms with Crippen molar-refractivity contribution in [2.75, 3.05) is 6.54 Å². The molecule has 1 heterocycles. The largest absolute Gasteiger partial charge is 0.457 e. The number of fused-ring (bicyclic) bond motifs is 1. The van der Waals surface area contributed by atoms with Gasteiger partial charge in [0.2, 0.25) is 0 Å². The van der Waals surface area contributed by atoms with Gasteiger partial charge in [-0.2, -0.15) is 0 Å². The molecule has 1 amide bonds. The van der Waals surface area contributed by atoms with Gasteiger partial charge in [0.05, 0.1) is 18.3 Å². The summed E-state index contributed by atoms with van der Waals surface area (Å²) in [5.41, 5.74) is 3.02. The number of hydrogen-bond donors (Lipinski definition) is 1. The molecule has 0 spiro atoms. The molecule has 3 aromatic rings. The van der Waals surface area contributed by atoms with Crippen LogP contribution in [0.3, 0.4) is 0 Å². The Morgan fingerprint density at radius 2 is 1.63 bits per heavy atom. The van der Waals surface area contributed by atoms with Crippen molar-refractivity contribution in [2.24, 2.45) is 0 Å². The van der Waals surface area contributed by atoms with E-state index in [2.05, 4.69) is 17.4 Å². The van der Waals surface area contributed by atoms with Crippen LogP contribution in [0.1, 0.15) is 21.5 Å². The molecule has 1 aliphatic heterocycles. The Kier molecular flexibility index (Phi) is 5.17. The van der Waals surface area contributed by atoms with Crippen LogP contribution in [0.5, 0.6) is 11.5 Å². The van der Waals surface area contributed by atoms with E-state index in [1.165, 1.54) is 11.1 Å². The lowest BCUT2D eigenvalue weighted by Gasteiger charge is -2.25. The summed E-state index contributed by atoms with van der Waals surface area (Å²) in [6.07, 6.45) is 0.782. The van der Waals surface area contributed by atoms with Gasteiger partial charge in [0.1, 0.15) is 11.5 Å². The highest BCUT2D eigenvalue weighted by Gasteiger charge is 2.20. The van der Waals surface area contributed by atoms with Crippen LogP contribution in [-0.4, -0.2) is 18.6 Å². The second kappa shape index (κ2) is 8.06. The van der Waals surface area contributed by atoms with E-state index in [9.17, 15) is 4.79 Å². The first-order valence-electron chi connectivity index (χ1n) is 9.08. The smallest absolute Gasteiger partial charge is 0.255 e. The Balaban J connectivity index is 1.40. The molecular weight excluding hydrogens is 338 g/mol. The first-order chi connectivity index (χ1) is 13.3. The minimum Gasteiger partial charge on any atom is -0.457 e. The van der Waals surface area contributed by atoms with E-state index in [0.717, 1.165) is 6.42 Å². The number of rotatable bonds is 5. The van der Waals surface area contributed by atoms with Gasteiger partial charge < -0.3 is 14.8 Å². The first-order valence-corrected chi connectivity index (χ1v) is 9.08. The van der Waals surface area contributed by atoms with Gasteiger partial charge in [0, 0.05) is 13.0 Å². The molecule has 27 heavy (non-hydrogen) atoms. The lowest BCUT2D eigenvalue weighted by Crippen LogP contribution is -2.36. The third kappa shape index (κ3) is 4.18. The first kappa shape index (κ1) is 17.3. The SMILES string of the molecule is O=C(NCC1Cc2ccccc2CO1)c1ccccc1Oc1ccccc1. The molecule has 4 heteroatoms. The van der Waals surface area contributed by atoms with Crippen LogP contribution >= 0.6 is 0 Å². The molecule has 0 fully saturated rings. The molecule has 0 saturated heterocycles. The van der Waals surface area contributed by atoms with Crippen LogP contribution in [-0.2, 0) is 17.8 Å². The Bertz CT molecular complexity index is 924. The van der Waals surface area contributed by atoms with Crippen LogP contribution in [0.25, 0.3) is 0 Å². The number of hydrogen-bond acceptors (Lipinski definition) is 3. The third-order valence-electron chi connectivity index (χ3n) is 4.63. The summed E-state index contributed by atoms with van der Waals surface area (Å²) in [7, 11) is 0. The normalized spacial score (nSPS) is 15.6. The maximum Gasteiger partial charge on any atom is 0.255 e. The van der Waals surface area contributed by atoms with Crippen molar-refractivity contribution >= 4 is 5.91 Å². The highest BCUT2D eigenvalue weighted by atomic mass is 16.5. The molecule has 1 atom stereocenters. The summed E-state index contributed by atoms with van der Waals surface area (Å²) < 4.78 is 11.7. The van der Waals surface area contributed by atoms with Gasteiger partial charge in [-0.1, -0.05) is 54.6 Å². The van der Waals surface area contributed by atoms with E-state index >= 15 is 0 Å². The Labute approximate surface area is 158 Å². The molecule has 1 aliphatic rings. The zero-order valence-electron chi connectivity index (χ0n) is 14.9. The molecule has 0 aromatic heterocycles. The lowest BCUT2D eigenvalue weighted by molar-refractivity contribution is 0.0284. The van der Waals surface area contributed by atoms with Gasteiger partial charge in [-0.25, -0.2) is 0 Å². The molecular formula is C23H21NO3. The second-order valence-corrected chi connectivity index (χ2v) is 6.53. The Morgan fingerprint density at radius 3 is 2.48 bits per heavy atom. The standard InChI is InChI=1S/C23H21NO3/c25-23(24-15-20-14-17-8-4-5-9-18(17)16-26-20)21-12-6-7-13-22(21)27-19-10-2-1-3-11-19/h1-13,20H,14-16H2,(H,24,25). The van der Waals surface area contributed by atoms with Crippen molar-refractivity contribution in [3.8, 4) is 11.5 Å². The van der Waals surface area contributed by atoms with Crippen LogP contribution in [0, 0.1) is 0 Å². The van der Waals surface area contributed by atoms with E-state index in [0.29, 0.717) is 30.2 Å². The molecule has 1 N–H and O–H groups in total. The maximum atomic E-state index is 12.7. The van der Waals surface area contributed by atoms with E-state index in [-0.39, 0.29) is 12.0 Å². The zero-order valence-corrected chi connectivity index (χ0v) is 14.9. The molecule has 0 aliphatic carbocycles. The molecule has 136 valence electrons.